The van der Waals surface area contributed by atoms with E-state index in [1.54, 1.807) is 0 Å². The number of aryl methyl sites for hydroxylation is 2. The Morgan fingerprint density at radius 3 is 2.33 bits per heavy atom. The Balaban J connectivity index is 0.00000676. The normalized spacial score (nSPS) is 13.3. The maximum Gasteiger partial charge on any atom is 0.191 e. The number of aliphatic hydroxyl groups excluding tert-OH is 1. The summed E-state index contributed by atoms with van der Waals surface area (Å²) < 4.78 is 1.95. The molecule has 1 aromatic rings. The third-order valence-corrected chi connectivity index (χ3v) is 5.61. The molecule has 7 heteroatoms. The van der Waals surface area contributed by atoms with Crippen LogP contribution in [-0.2, 0) is 13.5 Å². The van der Waals surface area contributed by atoms with Gasteiger partial charge in [-0.1, -0.05) is 13.8 Å². The van der Waals surface area contributed by atoms with Crippen LogP contribution in [0.25, 0.3) is 0 Å². The van der Waals surface area contributed by atoms with E-state index in [4.69, 9.17) is 4.99 Å². The van der Waals surface area contributed by atoms with Crippen LogP contribution < -0.4 is 10.6 Å². The number of nitrogens with one attached hydrogen (secondary N) is 2. The fourth-order valence-electron chi connectivity index (χ4n) is 3.41. The molecule has 0 spiro atoms. The molecule has 0 saturated carbocycles. The second-order valence-electron chi connectivity index (χ2n) is 7.40. The number of halogens is 1. The highest BCUT2D eigenvalue weighted by molar-refractivity contribution is 14.0. The summed E-state index contributed by atoms with van der Waals surface area (Å²) in [5.74, 6) is 0.850. The molecule has 1 aromatic heterocycles. The lowest BCUT2D eigenvalue weighted by Gasteiger charge is -2.30. The molecule has 27 heavy (non-hydrogen) atoms. The van der Waals surface area contributed by atoms with Gasteiger partial charge in [0.05, 0.1) is 5.69 Å². The first-order chi connectivity index (χ1) is 12.3. The molecule has 0 amide bonds. The van der Waals surface area contributed by atoms with Crippen molar-refractivity contribution in [3.05, 3.63) is 17.0 Å². The Morgan fingerprint density at radius 1 is 1.26 bits per heavy atom. The maximum absolute atomic E-state index is 9.41. The van der Waals surface area contributed by atoms with Crippen molar-refractivity contribution in [2.45, 2.75) is 73.3 Å². The Kier molecular flexibility index (Phi) is 12.2. The number of aliphatic hydroxyl groups is 1. The minimum atomic E-state index is 0. The van der Waals surface area contributed by atoms with Crippen molar-refractivity contribution in [3.63, 3.8) is 0 Å². The van der Waals surface area contributed by atoms with Gasteiger partial charge in [0.1, 0.15) is 0 Å². The average molecular weight is 493 g/mol. The molecule has 6 nitrogen and oxygen atoms in total. The average Bonchev–Trinajstić information content (AvgIpc) is 2.85. The number of aromatic nitrogens is 2. The fourth-order valence-corrected chi connectivity index (χ4v) is 3.41. The molecule has 0 aliphatic carbocycles. The Hall–Kier alpha value is -0.830. The lowest BCUT2D eigenvalue weighted by atomic mass is 9.79. The molecule has 0 bridgehead atoms. The second kappa shape index (κ2) is 12.6. The molecule has 0 saturated heterocycles. The summed E-state index contributed by atoms with van der Waals surface area (Å²) in [5, 5.41) is 20.8. The van der Waals surface area contributed by atoms with E-state index in [0.29, 0.717) is 0 Å². The molecule has 0 radical (unpaired) electrons. The first kappa shape index (κ1) is 26.2. The van der Waals surface area contributed by atoms with Crippen LogP contribution in [0.5, 0.6) is 0 Å². The van der Waals surface area contributed by atoms with Crippen molar-refractivity contribution in [2.24, 2.45) is 17.5 Å². The summed E-state index contributed by atoms with van der Waals surface area (Å²) in [6.45, 7) is 14.6. The van der Waals surface area contributed by atoms with Gasteiger partial charge in [-0.2, -0.15) is 5.10 Å². The number of aliphatic imine (C=N–C) groups is 1. The van der Waals surface area contributed by atoms with Gasteiger partial charge < -0.3 is 15.7 Å². The van der Waals surface area contributed by atoms with Gasteiger partial charge in [0, 0.05) is 38.5 Å². The Bertz CT molecular complexity index is 581. The van der Waals surface area contributed by atoms with Gasteiger partial charge in [0.2, 0.25) is 0 Å². The van der Waals surface area contributed by atoms with Crippen LogP contribution in [0.15, 0.2) is 4.99 Å². The van der Waals surface area contributed by atoms with Crippen LogP contribution in [0.1, 0.15) is 63.9 Å². The lowest BCUT2D eigenvalue weighted by Crippen LogP contribution is -2.44. The summed E-state index contributed by atoms with van der Waals surface area (Å²) in [4.78, 5) is 4.84. The van der Waals surface area contributed by atoms with Gasteiger partial charge >= 0.3 is 0 Å². The highest BCUT2D eigenvalue weighted by Crippen LogP contribution is 2.30. The zero-order valence-corrected chi connectivity index (χ0v) is 20.6. The SMILES string of the molecule is CCNC(=NCC(CC)(CC)CCO)NC(C)Cc1c(C)nn(C)c1C.I. The van der Waals surface area contributed by atoms with E-state index >= 15 is 0 Å². The number of rotatable bonds is 10. The molecule has 1 rings (SSSR count). The first-order valence-corrected chi connectivity index (χ1v) is 9.97. The van der Waals surface area contributed by atoms with Crippen LogP contribution in [0.3, 0.4) is 0 Å². The van der Waals surface area contributed by atoms with Crippen molar-refractivity contribution in [1.82, 2.24) is 20.4 Å². The van der Waals surface area contributed by atoms with Crippen molar-refractivity contribution >= 4 is 29.9 Å². The van der Waals surface area contributed by atoms with E-state index in [9.17, 15) is 5.11 Å². The molecule has 0 aromatic carbocycles. The standard InChI is InChI=1S/C20H39N5O.HI/c1-8-20(9-2,11-12-26)14-22-19(21-10-3)23-15(4)13-18-16(5)24-25(7)17(18)6;/h15,26H,8-14H2,1-7H3,(H2,21,22,23);1H. The highest BCUT2D eigenvalue weighted by atomic mass is 127. The van der Waals surface area contributed by atoms with Crippen LogP contribution in [0, 0.1) is 19.3 Å². The summed E-state index contributed by atoms with van der Waals surface area (Å²) in [7, 11) is 1.99. The molecular formula is C20H40IN5O. The smallest absolute Gasteiger partial charge is 0.191 e. The highest BCUT2D eigenvalue weighted by Gasteiger charge is 2.25. The van der Waals surface area contributed by atoms with E-state index < -0.39 is 0 Å². The first-order valence-electron chi connectivity index (χ1n) is 9.97. The van der Waals surface area contributed by atoms with Crippen LogP contribution in [0.4, 0.5) is 0 Å². The van der Waals surface area contributed by atoms with Gasteiger partial charge in [0.25, 0.3) is 0 Å². The van der Waals surface area contributed by atoms with Gasteiger partial charge in [0.15, 0.2) is 5.96 Å². The largest absolute Gasteiger partial charge is 0.396 e. The molecule has 0 aliphatic heterocycles. The molecule has 0 fully saturated rings. The molecule has 1 heterocycles. The quantitative estimate of drug-likeness (QED) is 0.266. The summed E-state index contributed by atoms with van der Waals surface area (Å²) in [6.07, 6.45) is 3.76. The summed E-state index contributed by atoms with van der Waals surface area (Å²) in [5.41, 5.74) is 3.70. The van der Waals surface area contributed by atoms with Crippen LogP contribution >= 0.6 is 24.0 Å². The molecular weight excluding hydrogens is 453 g/mol. The molecule has 158 valence electrons. The van der Waals surface area contributed by atoms with Crippen molar-refractivity contribution in [2.75, 3.05) is 19.7 Å². The molecule has 3 N–H and O–H groups in total. The fraction of sp³-hybridized carbons (Fsp3) is 0.800. The number of hydrogen-bond donors (Lipinski definition) is 3. The van der Waals surface area contributed by atoms with Gasteiger partial charge in [-0.05, 0) is 64.4 Å². The predicted octanol–water partition coefficient (Wildman–Crippen LogP) is 3.33. The van der Waals surface area contributed by atoms with Gasteiger partial charge in [-0.15, -0.1) is 24.0 Å². The third kappa shape index (κ3) is 7.60. The van der Waals surface area contributed by atoms with Gasteiger partial charge in [-0.3, -0.25) is 9.67 Å². The summed E-state index contributed by atoms with van der Waals surface area (Å²) >= 11 is 0. The van der Waals surface area contributed by atoms with E-state index in [1.807, 2.05) is 11.7 Å². The number of hydrogen-bond acceptors (Lipinski definition) is 3. The van der Waals surface area contributed by atoms with Gasteiger partial charge in [-0.25, -0.2) is 0 Å². The van der Waals surface area contributed by atoms with Crippen molar-refractivity contribution in [3.8, 4) is 0 Å². The molecule has 1 unspecified atom stereocenters. The zero-order valence-electron chi connectivity index (χ0n) is 18.2. The van der Waals surface area contributed by atoms with Crippen LogP contribution in [0.2, 0.25) is 0 Å². The minimum absolute atomic E-state index is 0. The van der Waals surface area contributed by atoms with Crippen molar-refractivity contribution in [1.29, 1.82) is 0 Å². The zero-order chi connectivity index (χ0) is 19.7. The lowest BCUT2D eigenvalue weighted by molar-refractivity contribution is 0.175. The molecule has 1 atom stereocenters. The Morgan fingerprint density at radius 2 is 1.89 bits per heavy atom. The van der Waals surface area contributed by atoms with E-state index in [0.717, 1.165) is 50.4 Å². The minimum Gasteiger partial charge on any atom is -0.396 e. The number of nitrogens with zero attached hydrogens (tertiary/aromatic N) is 3. The second-order valence-corrected chi connectivity index (χ2v) is 7.40. The number of guanidine groups is 1. The maximum atomic E-state index is 9.41. The molecule has 0 aliphatic rings. The van der Waals surface area contributed by atoms with E-state index in [1.165, 1.54) is 11.3 Å². The van der Waals surface area contributed by atoms with Crippen molar-refractivity contribution < 1.29 is 5.11 Å². The van der Waals surface area contributed by atoms with E-state index in [-0.39, 0.29) is 42.0 Å². The topological polar surface area (TPSA) is 74.5 Å². The van der Waals surface area contributed by atoms with Crippen LogP contribution in [-0.4, -0.2) is 46.6 Å². The predicted molar refractivity (Wildman–Crippen MR) is 125 cm³/mol. The Labute approximate surface area is 182 Å². The van der Waals surface area contributed by atoms with E-state index in [2.05, 4.69) is 57.3 Å². The third-order valence-electron chi connectivity index (χ3n) is 5.61. The summed E-state index contributed by atoms with van der Waals surface area (Å²) in [6, 6.07) is 0.255. The monoisotopic (exact) mass is 493 g/mol.